The normalized spacial score (nSPS) is 18.2. The van der Waals surface area contributed by atoms with E-state index in [-0.39, 0.29) is 24.8 Å². The van der Waals surface area contributed by atoms with Gasteiger partial charge in [-0.1, -0.05) is 36.4 Å². The Labute approximate surface area is 239 Å². The molecule has 3 aromatic rings. The van der Waals surface area contributed by atoms with Crippen LogP contribution in [-0.2, 0) is 25.7 Å². The zero-order chi connectivity index (χ0) is 28.1. The van der Waals surface area contributed by atoms with Crippen molar-refractivity contribution < 1.29 is 28.6 Å². The second-order valence-electron chi connectivity index (χ2n) is 8.99. The molecule has 1 fully saturated rings. The van der Waals surface area contributed by atoms with Crippen LogP contribution in [0.3, 0.4) is 0 Å². The number of esters is 1. The number of allylic oxidation sites excluding steroid dienone is 1. The van der Waals surface area contributed by atoms with E-state index in [2.05, 4.69) is 10.3 Å². The Morgan fingerprint density at radius 3 is 2.58 bits per heavy atom. The van der Waals surface area contributed by atoms with Gasteiger partial charge in [0.2, 0.25) is 0 Å². The number of hydrogen-bond donors (Lipinski definition) is 1. The van der Waals surface area contributed by atoms with Crippen molar-refractivity contribution in [2.24, 2.45) is 0 Å². The van der Waals surface area contributed by atoms with E-state index in [0.29, 0.717) is 22.8 Å². The maximum Gasteiger partial charge on any atom is 0.355 e. The number of para-hydroxylation sites is 1. The fraction of sp³-hybridized carbons (Fsp3) is 0.241. The van der Waals surface area contributed by atoms with Gasteiger partial charge in [0, 0.05) is 10.6 Å². The molecule has 2 aliphatic heterocycles. The van der Waals surface area contributed by atoms with Crippen LogP contribution >= 0.6 is 23.1 Å². The Morgan fingerprint density at radius 1 is 1.10 bits per heavy atom. The maximum atomic E-state index is 13.4. The number of nitrogens with one attached hydrogen (secondary N) is 1. The molecule has 1 saturated heterocycles. The predicted molar refractivity (Wildman–Crippen MR) is 153 cm³/mol. The van der Waals surface area contributed by atoms with Gasteiger partial charge in [0.25, 0.3) is 11.8 Å². The molecule has 0 radical (unpaired) electrons. The van der Waals surface area contributed by atoms with Crippen LogP contribution in [0.25, 0.3) is 6.08 Å². The number of benzene rings is 2. The van der Waals surface area contributed by atoms with Gasteiger partial charge in [0.05, 0.1) is 18.3 Å². The lowest BCUT2D eigenvalue weighted by molar-refractivity contribution is -0.153. The van der Waals surface area contributed by atoms with Crippen LogP contribution in [0.4, 0.5) is 0 Å². The molecule has 0 bridgehead atoms. The molecule has 5 rings (SSSR count). The summed E-state index contributed by atoms with van der Waals surface area (Å²) in [4.78, 5) is 45.9. The number of aromatic nitrogens is 1. The van der Waals surface area contributed by atoms with Crippen molar-refractivity contribution in [1.82, 2.24) is 15.2 Å². The summed E-state index contributed by atoms with van der Waals surface area (Å²) in [6.07, 6.45) is 3.73. The molecule has 0 aliphatic carbocycles. The highest BCUT2D eigenvalue weighted by Crippen LogP contribution is 2.41. The Kier molecular flexibility index (Phi) is 8.51. The summed E-state index contributed by atoms with van der Waals surface area (Å²) in [7, 11) is 1.58. The molecule has 2 aromatic carbocycles. The molecule has 9 nitrogen and oxygen atoms in total. The van der Waals surface area contributed by atoms with Crippen LogP contribution in [0.15, 0.2) is 77.5 Å². The smallest absolute Gasteiger partial charge is 0.355 e. The second kappa shape index (κ2) is 12.4. The van der Waals surface area contributed by atoms with E-state index in [4.69, 9.17) is 14.2 Å². The quantitative estimate of drug-likeness (QED) is 0.285. The van der Waals surface area contributed by atoms with Gasteiger partial charge in [0.1, 0.15) is 35.2 Å². The lowest BCUT2D eigenvalue weighted by atomic mass is 10.0. The van der Waals surface area contributed by atoms with Crippen molar-refractivity contribution in [3.63, 3.8) is 0 Å². The molecule has 2 amide bonds. The van der Waals surface area contributed by atoms with Crippen molar-refractivity contribution >= 4 is 47.0 Å². The number of fused-ring (bicyclic) bond motifs is 1. The second-order valence-corrected chi connectivity index (χ2v) is 11.0. The Bertz CT molecular complexity index is 1450. The zero-order valence-corrected chi connectivity index (χ0v) is 23.5. The average Bonchev–Trinajstić information content (AvgIpc) is 3.41. The molecular weight excluding hydrogens is 550 g/mol. The van der Waals surface area contributed by atoms with Crippen molar-refractivity contribution in [3.05, 3.63) is 93.6 Å². The van der Waals surface area contributed by atoms with Gasteiger partial charge < -0.3 is 19.5 Å². The number of aryl methyl sites for hydroxylation is 1. The van der Waals surface area contributed by atoms with Crippen LogP contribution in [0.5, 0.6) is 11.5 Å². The number of amides is 2. The minimum absolute atomic E-state index is 0.0358. The molecule has 2 aliphatic rings. The predicted octanol–water partition coefficient (Wildman–Crippen LogP) is 3.95. The first-order valence-electron chi connectivity index (χ1n) is 12.5. The van der Waals surface area contributed by atoms with Crippen molar-refractivity contribution in [2.45, 2.75) is 24.9 Å². The van der Waals surface area contributed by atoms with Crippen LogP contribution in [0, 0.1) is 6.92 Å². The molecule has 11 heteroatoms. The molecule has 0 spiro atoms. The third kappa shape index (κ3) is 6.05. The summed E-state index contributed by atoms with van der Waals surface area (Å²) in [5, 5.41) is 2.32. The zero-order valence-electron chi connectivity index (χ0n) is 21.9. The van der Waals surface area contributed by atoms with E-state index in [1.54, 1.807) is 36.9 Å². The van der Waals surface area contributed by atoms with Crippen LogP contribution in [-0.4, -0.2) is 58.6 Å². The maximum absolute atomic E-state index is 13.4. The average molecular weight is 578 g/mol. The van der Waals surface area contributed by atoms with Gasteiger partial charge >= 0.3 is 5.97 Å². The topological polar surface area (TPSA) is 107 Å². The summed E-state index contributed by atoms with van der Waals surface area (Å²) >= 11 is 2.97. The summed E-state index contributed by atoms with van der Waals surface area (Å²) < 4.78 is 16.3. The Hall–Kier alpha value is -4.09. The number of carbonyl (C=O) groups excluding carboxylic acids is 3. The minimum atomic E-state index is -0.768. The number of rotatable bonds is 10. The number of β-lactam (4-membered cyclic amide) rings is 1. The highest BCUT2D eigenvalue weighted by molar-refractivity contribution is 8.00. The number of nitrogens with zero attached hydrogens (tertiary/aromatic N) is 2. The monoisotopic (exact) mass is 577 g/mol. The number of ether oxygens (including phenoxy) is 3. The molecule has 206 valence electrons. The highest BCUT2D eigenvalue weighted by atomic mass is 32.2. The fourth-order valence-corrected chi connectivity index (χ4v) is 6.24. The third-order valence-corrected chi connectivity index (χ3v) is 8.57. The van der Waals surface area contributed by atoms with Gasteiger partial charge in [-0.2, -0.15) is 0 Å². The van der Waals surface area contributed by atoms with E-state index in [0.717, 1.165) is 16.1 Å². The Morgan fingerprint density at radius 2 is 1.88 bits per heavy atom. The lowest BCUT2D eigenvalue weighted by Crippen LogP contribution is -2.70. The largest absolute Gasteiger partial charge is 0.497 e. The highest BCUT2D eigenvalue weighted by Gasteiger charge is 2.54. The lowest BCUT2D eigenvalue weighted by Gasteiger charge is -2.49. The molecule has 40 heavy (non-hydrogen) atoms. The SMILES string of the molecule is COc1ccc(COC(=O)C2=C(C=Cc3scnc3C)CS[C@H]3C(NC(=O)COc4ccccc4)C(=O)N23)cc1. The van der Waals surface area contributed by atoms with Crippen molar-refractivity contribution in [2.75, 3.05) is 19.5 Å². The van der Waals surface area contributed by atoms with Gasteiger partial charge in [-0.25, -0.2) is 9.78 Å². The standard InChI is InChI=1S/C29H27N3O6S2/c1-18-23(40-17-30-18)13-10-20-16-39-28-25(31-24(33)15-37-22-6-4-3-5-7-22)27(34)32(28)26(20)29(35)38-14-19-8-11-21(36-2)12-9-19/h3-13,17,25,28H,14-16H2,1-2H3,(H,31,33)/t25?,28-/m0/s1. The van der Waals surface area contributed by atoms with E-state index in [1.807, 2.05) is 49.4 Å². The number of hydrogen-bond acceptors (Lipinski definition) is 9. The van der Waals surface area contributed by atoms with Gasteiger partial charge in [-0.05, 0) is 48.4 Å². The molecule has 2 atom stereocenters. The molecule has 3 heterocycles. The number of methoxy groups -OCH3 is 1. The van der Waals surface area contributed by atoms with E-state index in [9.17, 15) is 14.4 Å². The molecular formula is C29H27N3O6S2. The van der Waals surface area contributed by atoms with Crippen LogP contribution in [0.1, 0.15) is 16.1 Å². The first-order chi connectivity index (χ1) is 19.4. The third-order valence-electron chi connectivity index (χ3n) is 6.37. The minimum Gasteiger partial charge on any atom is -0.497 e. The summed E-state index contributed by atoms with van der Waals surface area (Å²) in [6, 6.07) is 15.4. The first kappa shape index (κ1) is 27.5. The van der Waals surface area contributed by atoms with E-state index < -0.39 is 23.3 Å². The van der Waals surface area contributed by atoms with Crippen molar-refractivity contribution in [3.8, 4) is 11.5 Å². The van der Waals surface area contributed by atoms with Gasteiger partial charge in [-0.15, -0.1) is 23.1 Å². The van der Waals surface area contributed by atoms with E-state index >= 15 is 0 Å². The molecule has 1 N–H and O–H groups in total. The van der Waals surface area contributed by atoms with Gasteiger partial charge in [-0.3, -0.25) is 14.5 Å². The van der Waals surface area contributed by atoms with Gasteiger partial charge in [0.15, 0.2) is 6.61 Å². The summed E-state index contributed by atoms with van der Waals surface area (Å²) in [5.74, 6) is 0.325. The summed E-state index contributed by atoms with van der Waals surface area (Å²) in [5.41, 5.74) is 4.28. The Balaban J connectivity index is 1.31. The molecule has 1 unspecified atom stereocenters. The number of thiazole rings is 1. The number of thioether (sulfide) groups is 1. The number of carbonyl (C=O) groups is 3. The molecule has 1 aromatic heterocycles. The summed E-state index contributed by atoms with van der Waals surface area (Å²) in [6.45, 7) is 1.72. The van der Waals surface area contributed by atoms with Crippen LogP contribution in [0.2, 0.25) is 0 Å². The molecule has 0 saturated carbocycles. The van der Waals surface area contributed by atoms with E-state index in [1.165, 1.54) is 28.0 Å². The van der Waals surface area contributed by atoms with Crippen LogP contribution < -0.4 is 14.8 Å². The van der Waals surface area contributed by atoms with Crippen molar-refractivity contribution in [1.29, 1.82) is 0 Å². The first-order valence-corrected chi connectivity index (χ1v) is 14.4. The fourth-order valence-electron chi connectivity index (χ4n) is 4.23.